The van der Waals surface area contributed by atoms with E-state index in [1.807, 2.05) is 50.6 Å². The van der Waals surface area contributed by atoms with Gasteiger partial charge in [0.25, 0.3) is 5.88 Å². The van der Waals surface area contributed by atoms with Gasteiger partial charge in [-0.2, -0.15) is 0 Å². The maximum Gasteiger partial charge on any atom is 0.254 e. The van der Waals surface area contributed by atoms with Gasteiger partial charge in [-0.05, 0) is 86.1 Å². The number of carbonyl (C=O) groups excluding carboxylic acids is 2. The molecule has 63 heavy (non-hydrogen) atoms. The highest BCUT2D eigenvalue weighted by Gasteiger charge is 2.42. The molecule has 16 nitrogen and oxygen atoms in total. The Morgan fingerprint density at radius 3 is 2.67 bits per heavy atom. The van der Waals surface area contributed by atoms with Crippen LogP contribution < -0.4 is 32.2 Å². The fourth-order valence-electron chi connectivity index (χ4n) is 9.01. The van der Waals surface area contributed by atoms with Crippen molar-refractivity contribution in [2.24, 2.45) is 17.4 Å². The molecule has 17 heteroatoms. The van der Waals surface area contributed by atoms with Gasteiger partial charge < -0.3 is 51.8 Å². The number of nitrogens with two attached hydrogens (primary N) is 2. The number of piperidine rings is 1. The lowest BCUT2D eigenvalue weighted by Crippen LogP contribution is -2.65. The summed E-state index contributed by atoms with van der Waals surface area (Å²) in [5.41, 5.74) is 19.5. The number of nitrogens with zero attached hydrogens (tertiary/aromatic N) is 5. The lowest BCUT2D eigenvalue weighted by Gasteiger charge is -2.48. The van der Waals surface area contributed by atoms with Crippen LogP contribution in [0.3, 0.4) is 0 Å². The second-order valence-corrected chi connectivity index (χ2v) is 18.2. The van der Waals surface area contributed by atoms with Gasteiger partial charge in [0.2, 0.25) is 12.3 Å². The Hall–Kier alpha value is -5.62. The number of hydrogen-bond donors (Lipinski definition) is 7. The van der Waals surface area contributed by atoms with Crippen LogP contribution in [0.1, 0.15) is 68.0 Å². The van der Waals surface area contributed by atoms with Gasteiger partial charge in [-0.25, -0.2) is 4.98 Å². The number of aromatic nitrogens is 2. The number of aromatic hydroxyl groups is 1. The number of hydrogen-bond acceptors (Lipinski definition) is 15. The van der Waals surface area contributed by atoms with Crippen molar-refractivity contribution in [2.75, 3.05) is 59.0 Å². The van der Waals surface area contributed by atoms with Crippen LogP contribution in [0.4, 0.5) is 0 Å². The van der Waals surface area contributed by atoms with E-state index < -0.39 is 12.0 Å². The number of phenols is 1. The fraction of sp³-hybridized carbons (Fsp3) is 0.478. The minimum Gasteiger partial charge on any atom is -0.507 e. The summed E-state index contributed by atoms with van der Waals surface area (Å²) in [6, 6.07) is 17.4. The first kappa shape index (κ1) is 45.4. The smallest absolute Gasteiger partial charge is 0.254 e. The van der Waals surface area contributed by atoms with Crippen molar-refractivity contribution < 1.29 is 29.1 Å². The van der Waals surface area contributed by atoms with E-state index in [9.17, 15) is 19.8 Å². The van der Waals surface area contributed by atoms with E-state index in [4.69, 9.17) is 20.7 Å². The SMILES string of the molecule is CC(C)[C@@H](C(=O)N1CCC(O)C1)c1cc(OCCN2CCC(N3CCCC4(CNC(N)=C(/C=C(\N)c5ccccc5O)N4)C3)C2)no1.Cc1ncsc1-c1ccc(CNC=O)cc1. The maximum atomic E-state index is 13.2. The van der Waals surface area contributed by atoms with E-state index >= 15 is 0 Å². The number of aliphatic hydroxyl groups excluding tert-OH is 1. The molecule has 0 bridgehead atoms. The number of amides is 2. The van der Waals surface area contributed by atoms with Crippen LogP contribution in [-0.4, -0.2) is 124 Å². The number of thiazole rings is 1. The monoisotopic (exact) mass is 882 g/mol. The maximum absolute atomic E-state index is 13.2. The van der Waals surface area contributed by atoms with Gasteiger partial charge in [0.15, 0.2) is 5.76 Å². The second-order valence-electron chi connectivity index (χ2n) is 17.3. The van der Waals surface area contributed by atoms with Gasteiger partial charge in [-0.1, -0.05) is 50.2 Å². The van der Waals surface area contributed by atoms with E-state index in [2.05, 4.69) is 48.0 Å². The van der Waals surface area contributed by atoms with Crippen LogP contribution in [0.5, 0.6) is 11.6 Å². The molecule has 2 aromatic carbocycles. The number of carbonyl (C=O) groups is 2. The van der Waals surface area contributed by atoms with Crippen molar-refractivity contribution in [3.05, 3.63) is 100 Å². The summed E-state index contributed by atoms with van der Waals surface area (Å²) in [5.74, 6) is 1.11. The van der Waals surface area contributed by atoms with E-state index in [1.54, 1.807) is 40.5 Å². The van der Waals surface area contributed by atoms with Crippen molar-refractivity contribution in [1.82, 2.24) is 40.8 Å². The topological polar surface area (TPSA) is 221 Å². The number of aliphatic hydroxyl groups is 1. The molecule has 4 aliphatic rings. The van der Waals surface area contributed by atoms with Crippen LogP contribution >= 0.6 is 11.3 Å². The number of nitrogens with one attached hydrogen (secondary N) is 3. The first-order valence-electron chi connectivity index (χ1n) is 21.9. The van der Waals surface area contributed by atoms with Crippen molar-refractivity contribution in [2.45, 2.75) is 76.6 Å². The third kappa shape index (κ3) is 11.3. The number of β-amino-alcohol motifs (C(OH)–C–C–N with tert-alkyl or cyclic N) is 1. The van der Waals surface area contributed by atoms with Crippen LogP contribution in [0, 0.1) is 12.8 Å². The lowest BCUT2D eigenvalue weighted by molar-refractivity contribution is -0.133. The van der Waals surface area contributed by atoms with Gasteiger partial charge in [0, 0.05) is 69.2 Å². The predicted molar refractivity (Wildman–Crippen MR) is 243 cm³/mol. The van der Waals surface area contributed by atoms with Crippen molar-refractivity contribution >= 4 is 29.4 Å². The highest BCUT2D eigenvalue weighted by molar-refractivity contribution is 7.13. The third-order valence-corrected chi connectivity index (χ3v) is 13.4. The van der Waals surface area contributed by atoms with E-state index in [0.29, 0.717) is 73.8 Å². The van der Waals surface area contributed by atoms with Crippen LogP contribution in [0.25, 0.3) is 16.1 Å². The summed E-state index contributed by atoms with van der Waals surface area (Å²) >= 11 is 1.64. The molecule has 6 heterocycles. The summed E-state index contributed by atoms with van der Waals surface area (Å²) in [7, 11) is 0. The first-order valence-corrected chi connectivity index (χ1v) is 22.8. The van der Waals surface area contributed by atoms with E-state index in [1.165, 1.54) is 10.4 Å². The van der Waals surface area contributed by atoms with Gasteiger partial charge >= 0.3 is 0 Å². The minimum atomic E-state index is -0.462. The number of phenolic OH excluding ortho intramolecular Hbond substituents is 1. The number of rotatable bonds is 14. The third-order valence-electron chi connectivity index (χ3n) is 12.4. The average molecular weight is 883 g/mol. The Morgan fingerprint density at radius 2 is 1.95 bits per heavy atom. The van der Waals surface area contributed by atoms with Crippen LogP contribution in [0.15, 0.2) is 82.2 Å². The Balaban J connectivity index is 0.000000312. The van der Waals surface area contributed by atoms with Crippen molar-refractivity contribution in [1.29, 1.82) is 0 Å². The Morgan fingerprint density at radius 1 is 1.14 bits per heavy atom. The zero-order chi connectivity index (χ0) is 44.5. The molecule has 3 saturated heterocycles. The molecule has 3 unspecified atom stereocenters. The molecule has 9 N–H and O–H groups in total. The number of ether oxygens (including phenoxy) is 1. The zero-order valence-electron chi connectivity index (χ0n) is 36.5. The highest BCUT2D eigenvalue weighted by atomic mass is 32.1. The Labute approximate surface area is 373 Å². The normalized spacial score (nSPS) is 22.4. The van der Waals surface area contributed by atoms with Crippen LogP contribution in [-0.2, 0) is 16.1 Å². The van der Waals surface area contributed by atoms with Gasteiger partial charge in [-0.15, -0.1) is 11.3 Å². The summed E-state index contributed by atoms with van der Waals surface area (Å²) < 4.78 is 11.6. The molecule has 4 atom stereocenters. The van der Waals surface area contributed by atoms with Crippen molar-refractivity contribution in [3.8, 4) is 22.1 Å². The predicted octanol–water partition coefficient (Wildman–Crippen LogP) is 3.69. The minimum absolute atomic E-state index is 0.0226. The largest absolute Gasteiger partial charge is 0.507 e. The molecule has 1 spiro atoms. The highest BCUT2D eigenvalue weighted by Crippen LogP contribution is 2.33. The molecule has 3 fully saturated rings. The summed E-state index contributed by atoms with van der Waals surface area (Å²) in [4.78, 5) is 35.5. The summed E-state index contributed by atoms with van der Waals surface area (Å²) in [6.45, 7) is 13.4. The number of allylic oxidation sites excluding steroid dienone is 1. The van der Waals surface area contributed by atoms with Crippen molar-refractivity contribution in [3.63, 3.8) is 0 Å². The molecule has 338 valence electrons. The first-order chi connectivity index (χ1) is 30.4. The summed E-state index contributed by atoms with van der Waals surface area (Å²) in [6.07, 6.45) is 5.85. The summed E-state index contributed by atoms with van der Waals surface area (Å²) in [5, 5.41) is 34.0. The molecule has 4 aromatic rings. The fourth-order valence-corrected chi connectivity index (χ4v) is 9.82. The lowest BCUT2D eigenvalue weighted by atomic mass is 9.86. The molecule has 2 amide bonds. The van der Waals surface area contributed by atoms with Gasteiger partial charge in [0.1, 0.15) is 24.1 Å². The average Bonchev–Trinajstić information content (AvgIpc) is 4.12. The van der Waals surface area contributed by atoms with Gasteiger partial charge in [-0.3, -0.25) is 19.4 Å². The molecule has 0 radical (unpaired) electrons. The van der Waals surface area contributed by atoms with E-state index in [-0.39, 0.29) is 23.1 Å². The molecule has 0 aliphatic carbocycles. The van der Waals surface area contributed by atoms with Crippen LogP contribution in [0.2, 0.25) is 0 Å². The van der Waals surface area contributed by atoms with E-state index in [0.717, 1.165) is 75.5 Å². The number of para-hydroxylation sites is 1. The zero-order valence-corrected chi connectivity index (χ0v) is 37.3. The number of benzene rings is 2. The molecule has 2 aromatic heterocycles. The standard InChI is InChI=1S/C34H50N8O5.C12H12N2OS/c1-22(2)31(33(45)41-13-9-24(43)19-41)29-17-30(39-47-29)46-15-14-40-12-8-23(18-40)42-11-5-10-34(21-42)20-37-32(36)27(38-34)16-26(35)25-6-3-4-7-28(25)44;1-9-12(16-8-14-9)11-4-2-10(3-5-11)6-13-7-15/h3-4,6-7,16-17,22-24,31,37-38,43-44H,5,8-15,18-21,35-36H2,1-2H3;2-5,7-8H,6H2,1H3,(H,13,15)/b26-16-;/t23?,24?,31-,34?;/m1./s1. The molecule has 4 aliphatic heterocycles. The number of likely N-dealkylation sites (tertiary alicyclic amines) is 3. The molecular weight excluding hydrogens is 821 g/mol. The van der Waals surface area contributed by atoms with Gasteiger partial charge in [0.05, 0.1) is 33.4 Å². The molecule has 0 saturated carbocycles. The Bertz CT molecular complexity index is 2230. The quantitative estimate of drug-likeness (QED) is 0.0899. The Kier molecular flexibility index (Phi) is 14.9. The second kappa shape index (κ2) is 20.7. The molecule has 8 rings (SSSR count). The number of aryl methyl sites for hydroxylation is 1. The molecular formula is C46H62N10O6S.